The molecule has 1 atom stereocenters. The van der Waals surface area contributed by atoms with Crippen LogP contribution in [0.5, 0.6) is 0 Å². The van der Waals surface area contributed by atoms with Gasteiger partial charge in [0.15, 0.2) is 0 Å². The van der Waals surface area contributed by atoms with Crippen LogP contribution in [0.4, 0.5) is 10.1 Å². The lowest BCUT2D eigenvalue weighted by Crippen LogP contribution is -2.26. The third-order valence-electron chi connectivity index (χ3n) is 2.45. The highest BCUT2D eigenvalue weighted by molar-refractivity contribution is 6.33. The third kappa shape index (κ3) is 7.05. The number of hydrogen-bond acceptors (Lipinski definition) is 4. The van der Waals surface area contributed by atoms with E-state index in [0.717, 1.165) is 0 Å². The Morgan fingerprint density at radius 1 is 1.35 bits per heavy atom. The van der Waals surface area contributed by atoms with Gasteiger partial charge in [0.1, 0.15) is 5.82 Å². The Morgan fingerprint density at radius 3 is 2.80 bits per heavy atom. The molecule has 1 unspecified atom stereocenters. The number of ether oxygens (including phenoxy) is 2. The molecule has 0 aliphatic carbocycles. The van der Waals surface area contributed by atoms with Gasteiger partial charge < -0.3 is 19.9 Å². The predicted octanol–water partition coefficient (Wildman–Crippen LogP) is 2.69. The maximum atomic E-state index is 13.0. The van der Waals surface area contributed by atoms with E-state index in [-0.39, 0.29) is 25.1 Å². The highest BCUT2D eigenvalue weighted by atomic mass is 35.5. The van der Waals surface area contributed by atoms with E-state index in [4.69, 9.17) is 21.1 Å². The summed E-state index contributed by atoms with van der Waals surface area (Å²) in [5.41, 5.74) is 0.453. The lowest BCUT2D eigenvalue weighted by atomic mass is 10.3. The third-order valence-corrected chi connectivity index (χ3v) is 2.78. The van der Waals surface area contributed by atoms with Gasteiger partial charge >= 0.3 is 0 Å². The first-order chi connectivity index (χ1) is 9.49. The van der Waals surface area contributed by atoms with E-state index in [1.54, 1.807) is 0 Å². The molecule has 20 heavy (non-hydrogen) atoms. The van der Waals surface area contributed by atoms with Gasteiger partial charge in [-0.05, 0) is 32.0 Å². The second kappa shape index (κ2) is 9.13. The summed E-state index contributed by atoms with van der Waals surface area (Å²) in [6.07, 6.45) is -0.534. The number of aliphatic hydroxyl groups excluding tert-OH is 1. The van der Waals surface area contributed by atoms with Gasteiger partial charge in [0.25, 0.3) is 0 Å². The maximum Gasteiger partial charge on any atom is 0.125 e. The monoisotopic (exact) mass is 305 g/mol. The maximum absolute atomic E-state index is 13.0. The van der Waals surface area contributed by atoms with Crippen LogP contribution in [0.15, 0.2) is 18.2 Å². The summed E-state index contributed by atoms with van der Waals surface area (Å²) in [4.78, 5) is 0. The van der Waals surface area contributed by atoms with Crippen molar-refractivity contribution in [3.63, 3.8) is 0 Å². The molecule has 2 N–H and O–H groups in total. The molecule has 0 saturated heterocycles. The van der Waals surface area contributed by atoms with Crippen LogP contribution in [0.25, 0.3) is 0 Å². The van der Waals surface area contributed by atoms with E-state index in [0.29, 0.717) is 23.9 Å². The van der Waals surface area contributed by atoms with Crippen molar-refractivity contribution in [3.8, 4) is 0 Å². The molecule has 0 spiro atoms. The number of rotatable bonds is 9. The Hall–Kier alpha value is -0.880. The quantitative estimate of drug-likeness (QED) is 0.689. The van der Waals surface area contributed by atoms with E-state index in [2.05, 4.69) is 5.32 Å². The van der Waals surface area contributed by atoms with Gasteiger partial charge in [0, 0.05) is 6.54 Å². The lowest BCUT2D eigenvalue weighted by Gasteiger charge is -2.14. The minimum absolute atomic E-state index is 0.167. The Bertz CT molecular complexity index is 404. The summed E-state index contributed by atoms with van der Waals surface area (Å²) >= 11 is 5.90. The van der Waals surface area contributed by atoms with Gasteiger partial charge in [0.2, 0.25) is 0 Å². The minimum atomic E-state index is -0.701. The Labute approximate surface area is 123 Å². The molecule has 114 valence electrons. The van der Waals surface area contributed by atoms with Crippen LogP contribution in [0, 0.1) is 5.82 Å². The van der Waals surface area contributed by atoms with Crippen molar-refractivity contribution in [2.75, 3.05) is 31.7 Å². The van der Waals surface area contributed by atoms with Gasteiger partial charge in [-0.3, -0.25) is 0 Å². The van der Waals surface area contributed by atoms with Gasteiger partial charge in [-0.2, -0.15) is 0 Å². The smallest absolute Gasteiger partial charge is 0.125 e. The number of hydrogen-bond donors (Lipinski definition) is 2. The molecule has 0 fully saturated rings. The summed E-state index contributed by atoms with van der Waals surface area (Å²) in [6, 6.07) is 4.03. The SMILES string of the molecule is CC(C)OCCOCC(O)CNc1cc(F)ccc1Cl. The molecule has 1 rings (SSSR count). The first-order valence-corrected chi connectivity index (χ1v) is 6.93. The Kier molecular flexibility index (Phi) is 7.84. The zero-order chi connectivity index (χ0) is 15.0. The standard InChI is InChI=1S/C14H21ClFNO3/c1-10(2)20-6-5-19-9-12(18)8-17-14-7-11(16)3-4-13(14)15/h3-4,7,10,12,17-18H,5-6,8-9H2,1-2H3. The molecule has 0 heterocycles. The molecule has 0 amide bonds. The van der Waals surface area contributed by atoms with Gasteiger partial charge in [-0.25, -0.2) is 4.39 Å². The molecule has 0 aliphatic heterocycles. The summed E-state index contributed by atoms with van der Waals surface area (Å²) in [5, 5.41) is 13.0. The fraction of sp³-hybridized carbons (Fsp3) is 0.571. The van der Waals surface area contributed by atoms with E-state index in [1.807, 2.05) is 13.8 Å². The van der Waals surface area contributed by atoms with E-state index < -0.39 is 6.10 Å². The molecule has 6 heteroatoms. The Balaban J connectivity index is 2.19. The van der Waals surface area contributed by atoms with Gasteiger partial charge in [-0.15, -0.1) is 0 Å². The zero-order valence-corrected chi connectivity index (χ0v) is 12.5. The van der Waals surface area contributed by atoms with Crippen LogP contribution in [-0.4, -0.2) is 43.7 Å². The summed E-state index contributed by atoms with van der Waals surface area (Å²) in [6.45, 7) is 5.22. The van der Waals surface area contributed by atoms with Crippen molar-refractivity contribution in [2.45, 2.75) is 26.1 Å². The molecule has 4 nitrogen and oxygen atoms in total. The molecule has 0 saturated carbocycles. The molecule has 0 bridgehead atoms. The van der Waals surface area contributed by atoms with Crippen molar-refractivity contribution in [1.82, 2.24) is 0 Å². The fourth-order valence-electron chi connectivity index (χ4n) is 1.48. The number of nitrogens with one attached hydrogen (secondary N) is 1. The van der Waals surface area contributed by atoms with E-state index in [9.17, 15) is 9.50 Å². The summed E-state index contributed by atoms with van der Waals surface area (Å²) in [7, 11) is 0. The predicted molar refractivity (Wildman–Crippen MR) is 77.8 cm³/mol. The largest absolute Gasteiger partial charge is 0.389 e. The van der Waals surface area contributed by atoms with Crippen LogP contribution in [0.3, 0.4) is 0 Å². The topological polar surface area (TPSA) is 50.7 Å². The second-order valence-corrected chi connectivity index (χ2v) is 5.06. The summed E-state index contributed by atoms with van der Waals surface area (Å²) < 4.78 is 23.6. The van der Waals surface area contributed by atoms with Crippen LogP contribution >= 0.6 is 11.6 Å². The molecule has 0 radical (unpaired) electrons. The van der Waals surface area contributed by atoms with Gasteiger partial charge in [0.05, 0.1) is 42.7 Å². The number of halogens is 2. The highest BCUT2D eigenvalue weighted by Gasteiger charge is 2.07. The van der Waals surface area contributed by atoms with Crippen molar-refractivity contribution < 1.29 is 19.0 Å². The van der Waals surface area contributed by atoms with Gasteiger partial charge in [-0.1, -0.05) is 11.6 Å². The van der Waals surface area contributed by atoms with Crippen molar-refractivity contribution >= 4 is 17.3 Å². The number of benzene rings is 1. The molecular formula is C14H21ClFNO3. The minimum Gasteiger partial charge on any atom is -0.389 e. The Morgan fingerprint density at radius 2 is 2.10 bits per heavy atom. The molecule has 0 aromatic heterocycles. The first kappa shape index (κ1) is 17.2. The highest BCUT2D eigenvalue weighted by Crippen LogP contribution is 2.22. The first-order valence-electron chi connectivity index (χ1n) is 6.55. The normalized spacial score (nSPS) is 12.7. The van der Waals surface area contributed by atoms with Crippen molar-refractivity contribution in [2.24, 2.45) is 0 Å². The van der Waals surface area contributed by atoms with E-state index in [1.165, 1.54) is 18.2 Å². The number of anilines is 1. The molecule has 0 aliphatic rings. The van der Waals surface area contributed by atoms with E-state index >= 15 is 0 Å². The number of aliphatic hydroxyl groups is 1. The molecule has 1 aromatic carbocycles. The molecular weight excluding hydrogens is 285 g/mol. The second-order valence-electron chi connectivity index (χ2n) is 4.65. The average Bonchev–Trinajstić information content (AvgIpc) is 2.39. The average molecular weight is 306 g/mol. The van der Waals surface area contributed by atoms with Crippen LogP contribution in [0.2, 0.25) is 5.02 Å². The lowest BCUT2D eigenvalue weighted by molar-refractivity contribution is -0.00734. The van der Waals surface area contributed by atoms with Crippen LogP contribution < -0.4 is 5.32 Å². The van der Waals surface area contributed by atoms with Crippen LogP contribution in [-0.2, 0) is 9.47 Å². The summed E-state index contributed by atoms with van der Waals surface area (Å²) in [5.74, 6) is -0.381. The zero-order valence-electron chi connectivity index (χ0n) is 11.7. The fourth-order valence-corrected chi connectivity index (χ4v) is 1.67. The van der Waals surface area contributed by atoms with Crippen LogP contribution in [0.1, 0.15) is 13.8 Å². The van der Waals surface area contributed by atoms with Crippen molar-refractivity contribution in [3.05, 3.63) is 29.0 Å². The van der Waals surface area contributed by atoms with Crippen molar-refractivity contribution in [1.29, 1.82) is 0 Å². The molecule has 1 aromatic rings.